The molecule has 7 nitrogen and oxygen atoms in total. The van der Waals surface area contributed by atoms with Gasteiger partial charge in [0.1, 0.15) is 11.2 Å². The summed E-state index contributed by atoms with van der Waals surface area (Å²) in [5.41, 5.74) is 11.5. The monoisotopic (exact) mass is 826 g/mol. The minimum Gasteiger partial charge on any atom is -0.456 e. The Labute approximate surface area is 365 Å². The number of hydrogen-bond donors (Lipinski definition) is 0. The van der Waals surface area contributed by atoms with Crippen molar-refractivity contribution >= 4 is 81.0 Å². The van der Waals surface area contributed by atoms with Crippen LogP contribution in [0.15, 0.2) is 186 Å². The molecule has 0 N–H and O–H groups in total. The van der Waals surface area contributed by atoms with Crippen molar-refractivity contribution in [2.75, 3.05) is 0 Å². The Hall–Kier alpha value is -8.07. The molecule has 0 saturated carbocycles. The standard InChI is InChI=1S/C55H34N6OS/c1-4-15-33(16-5-1)49-51-50(39-22-11-13-26-47(39)63-51)57-55(56-49)40-23-14-25-46-48(40)42-32-36(28-30-45(42)62-46)54-59-52(34-17-6-2-7-18-34)58-53(60-54)35-27-29-44-41(31-35)38-21-10-12-24-43(38)61(44)37-19-8-3-9-20-37/h2-4,6-32H,1,5H2. The molecule has 0 saturated heterocycles. The summed E-state index contributed by atoms with van der Waals surface area (Å²) in [5, 5.41) is 5.32. The first-order valence-electron chi connectivity index (χ1n) is 21.1. The lowest BCUT2D eigenvalue weighted by molar-refractivity contribution is 0.669. The third kappa shape index (κ3) is 5.83. The van der Waals surface area contributed by atoms with E-state index in [0.717, 1.165) is 106 Å². The number of thiophene rings is 1. The number of hydrogen-bond acceptors (Lipinski definition) is 7. The fraction of sp³-hybridized carbons (Fsp3) is 0.0364. The fourth-order valence-corrected chi connectivity index (χ4v) is 10.3. The van der Waals surface area contributed by atoms with Gasteiger partial charge < -0.3 is 8.98 Å². The minimum atomic E-state index is 0.570. The molecule has 0 amide bonds. The topological polar surface area (TPSA) is 82.5 Å². The van der Waals surface area contributed by atoms with Crippen molar-refractivity contribution < 1.29 is 4.42 Å². The molecule has 0 fully saturated rings. The van der Waals surface area contributed by atoms with Gasteiger partial charge >= 0.3 is 0 Å². The summed E-state index contributed by atoms with van der Waals surface area (Å²) in [4.78, 5) is 26.2. The van der Waals surface area contributed by atoms with Crippen LogP contribution in [0.25, 0.3) is 121 Å². The number of allylic oxidation sites excluding steroid dienone is 4. The van der Waals surface area contributed by atoms with Crippen molar-refractivity contribution in [2.24, 2.45) is 0 Å². The van der Waals surface area contributed by atoms with Crippen LogP contribution in [-0.4, -0.2) is 29.5 Å². The van der Waals surface area contributed by atoms with Crippen LogP contribution in [-0.2, 0) is 0 Å². The van der Waals surface area contributed by atoms with Crippen molar-refractivity contribution in [2.45, 2.75) is 12.8 Å². The highest BCUT2D eigenvalue weighted by Crippen LogP contribution is 2.42. The van der Waals surface area contributed by atoms with Crippen LogP contribution in [0.5, 0.6) is 0 Å². The summed E-state index contributed by atoms with van der Waals surface area (Å²) < 4.78 is 11.2. The average Bonchev–Trinajstić information content (AvgIpc) is 4.03. The lowest BCUT2D eigenvalue weighted by Gasteiger charge is -2.11. The first kappa shape index (κ1) is 35.7. The maximum absolute atomic E-state index is 6.56. The maximum Gasteiger partial charge on any atom is 0.164 e. The van der Waals surface area contributed by atoms with Crippen LogP contribution >= 0.6 is 11.3 Å². The van der Waals surface area contributed by atoms with E-state index in [0.29, 0.717) is 23.3 Å². The summed E-state index contributed by atoms with van der Waals surface area (Å²) in [7, 11) is 0. The number of rotatable bonds is 6. The average molecular weight is 827 g/mol. The molecular weight excluding hydrogens is 793 g/mol. The molecule has 8 heteroatoms. The van der Waals surface area contributed by atoms with Crippen molar-refractivity contribution in [3.8, 4) is 51.2 Å². The van der Waals surface area contributed by atoms with E-state index in [9.17, 15) is 0 Å². The number of para-hydroxylation sites is 2. The third-order valence-corrected chi connectivity index (χ3v) is 13.3. The fourth-order valence-electron chi connectivity index (χ4n) is 9.17. The van der Waals surface area contributed by atoms with Gasteiger partial charge in [-0.25, -0.2) is 24.9 Å². The maximum atomic E-state index is 6.56. The third-order valence-electron chi connectivity index (χ3n) is 12.1. The summed E-state index contributed by atoms with van der Waals surface area (Å²) in [6, 6.07) is 56.5. The van der Waals surface area contributed by atoms with E-state index in [4.69, 9.17) is 29.3 Å². The Bertz CT molecular complexity index is 3860. The van der Waals surface area contributed by atoms with E-state index in [1.54, 1.807) is 11.3 Å². The number of benzene rings is 7. The molecule has 0 bridgehead atoms. The zero-order valence-electron chi connectivity index (χ0n) is 33.7. The van der Waals surface area contributed by atoms with Crippen molar-refractivity contribution in [3.63, 3.8) is 0 Å². The smallest absolute Gasteiger partial charge is 0.164 e. The molecule has 1 aliphatic carbocycles. The molecule has 13 rings (SSSR count). The van der Waals surface area contributed by atoms with E-state index in [2.05, 4.69) is 132 Å². The van der Waals surface area contributed by atoms with E-state index < -0.39 is 0 Å². The highest BCUT2D eigenvalue weighted by atomic mass is 32.1. The van der Waals surface area contributed by atoms with Crippen molar-refractivity contribution in [1.82, 2.24) is 29.5 Å². The zero-order chi connectivity index (χ0) is 41.4. The predicted molar refractivity (Wildman–Crippen MR) is 258 cm³/mol. The molecule has 12 aromatic rings. The number of furan rings is 1. The molecular formula is C55H34N6OS. The van der Waals surface area contributed by atoms with E-state index in [1.807, 2.05) is 54.6 Å². The molecule has 5 aromatic heterocycles. The quantitative estimate of drug-likeness (QED) is 0.166. The second kappa shape index (κ2) is 14.3. The zero-order valence-corrected chi connectivity index (χ0v) is 34.6. The van der Waals surface area contributed by atoms with Gasteiger partial charge in [-0.15, -0.1) is 11.3 Å². The second-order valence-corrected chi connectivity index (χ2v) is 16.9. The lowest BCUT2D eigenvalue weighted by atomic mass is 10.0. The molecule has 0 spiro atoms. The van der Waals surface area contributed by atoms with E-state index in [1.165, 1.54) is 10.1 Å². The van der Waals surface area contributed by atoms with Gasteiger partial charge in [-0.3, -0.25) is 0 Å². The van der Waals surface area contributed by atoms with Gasteiger partial charge in [0.25, 0.3) is 0 Å². The van der Waals surface area contributed by atoms with Crippen LogP contribution in [0, 0.1) is 0 Å². The molecule has 63 heavy (non-hydrogen) atoms. The Morgan fingerprint density at radius 3 is 2.00 bits per heavy atom. The first-order valence-corrected chi connectivity index (χ1v) is 22.0. The Balaban J connectivity index is 0.999. The number of fused-ring (bicyclic) bond motifs is 9. The molecule has 0 radical (unpaired) electrons. The molecule has 296 valence electrons. The summed E-state index contributed by atoms with van der Waals surface area (Å²) in [5.74, 6) is 2.43. The van der Waals surface area contributed by atoms with Gasteiger partial charge in [0.05, 0.1) is 26.9 Å². The summed E-state index contributed by atoms with van der Waals surface area (Å²) in [6.07, 6.45) is 8.75. The summed E-state index contributed by atoms with van der Waals surface area (Å²) >= 11 is 1.75. The Morgan fingerprint density at radius 2 is 1.19 bits per heavy atom. The lowest BCUT2D eigenvalue weighted by Crippen LogP contribution is -2.00. The molecule has 5 heterocycles. The predicted octanol–water partition coefficient (Wildman–Crippen LogP) is 14.4. The van der Waals surface area contributed by atoms with Crippen LogP contribution in [0.2, 0.25) is 0 Å². The Morgan fingerprint density at radius 1 is 0.492 bits per heavy atom. The Kier molecular flexibility index (Phi) is 8.07. The molecule has 0 aliphatic heterocycles. The van der Waals surface area contributed by atoms with Crippen LogP contribution in [0.4, 0.5) is 0 Å². The molecule has 7 aromatic carbocycles. The van der Waals surface area contributed by atoms with E-state index in [-0.39, 0.29) is 0 Å². The largest absolute Gasteiger partial charge is 0.456 e. The van der Waals surface area contributed by atoms with Gasteiger partial charge in [0.15, 0.2) is 23.3 Å². The number of aromatic nitrogens is 6. The minimum absolute atomic E-state index is 0.570. The molecule has 0 unspecified atom stereocenters. The number of nitrogens with zero attached hydrogens (tertiary/aromatic N) is 6. The molecule has 1 aliphatic rings. The highest BCUT2D eigenvalue weighted by Gasteiger charge is 2.22. The van der Waals surface area contributed by atoms with Crippen molar-refractivity contribution in [1.29, 1.82) is 0 Å². The first-order chi connectivity index (χ1) is 31.2. The normalized spacial score (nSPS) is 13.0. The van der Waals surface area contributed by atoms with Gasteiger partial charge in [0, 0.05) is 59.6 Å². The van der Waals surface area contributed by atoms with E-state index >= 15 is 0 Å². The van der Waals surface area contributed by atoms with Crippen molar-refractivity contribution in [3.05, 3.63) is 188 Å². The van der Waals surface area contributed by atoms with Gasteiger partial charge in [-0.2, -0.15) is 0 Å². The summed E-state index contributed by atoms with van der Waals surface area (Å²) in [6.45, 7) is 0. The molecule has 0 atom stereocenters. The second-order valence-electron chi connectivity index (χ2n) is 15.9. The van der Waals surface area contributed by atoms with Crippen LogP contribution < -0.4 is 0 Å². The van der Waals surface area contributed by atoms with Crippen LogP contribution in [0.3, 0.4) is 0 Å². The van der Waals surface area contributed by atoms with Crippen LogP contribution in [0.1, 0.15) is 18.5 Å². The highest BCUT2D eigenvalue weighted by molar-refractivity contribution is 7.26. The van der Waals surface area contributed by atoms with Gasteiger partial charge in [-0.1, -0.05) is 115 Å². The van der Waals surface area contributed by atoms with Gasteiger partial charge in [0.2, 0.25) is 0 Å². The van der Waals surface area contributed by atoms with Gasteiger partial charge in [-0.05, 0) is 85.1 Å². The SMILES string of the molecule is C1=CC(c2nc(-c3cccc4oc5ccc(-c6nc(-c7ccccc7)nc(-c7ccc8c(c7)c7ccccc7n8-c7ccccc7)n6)cc5c34)nc3c2sc2ccccc23)=CCC1.